The number of carboxylic acids is 1. The highest BCUT2D eigenvalue weighted by Gasteiger charge is 2.33. The average molecular weight is 308 g/mol. The fourth-order valence-corrected chi connectivity index (χ4v) is 2.44. The number of carbonyl (C=O) groups is 1. The minimum Gasteiger partial charge on any atom is -0.480 e. The van der Waals surface area contributed by atoms with Gasteiger partial charge in [0.1, 0.15) is 11.7 Å². The summed E-state index contributed by atoms with van der Waals surface area (Å²) in [6, 6.07) is 4.45. The van der Waals surface area contributed by atoms with Crippen LogP contribution in [0.25, 0.3) is 11.5 Å². The number of carboxylic acid groups (broad SMARTS) is 1. The van der Waals surface area contributed by atoms with Crippen molar-refractivity contribution in [2.45, 2.75) is 30.4 Å². The van der Waals surface area contributed by atoms with Gasteiger partial charge in [-0.05, 0) is 26.0 Å². The first kappa shape index (κ1) is 15.5. The molecule has 0 unspecified atom stereocenters. The zero-order valence-corrected chi connectivity index (χ0v) is 12.5. The first-order valence-corrected chi connectivity index (χ1v) is 7.25. The summed E-state index contributed by atoms with van der Waals surface area (Å²) in [6.45, 7) is 3.54. The van der Waals surface area contributed by atoms with Gasteiger partial charge in [0.2, 0.25) is 11.7 Å². The van der Waals surface area contributed by atoms with Crippen LogP contribution < -0.4 is 5.73 Å². The van der Waals surface area contributed by atoms with E-state index in [2.05, 4.69) is 15.1 Å². The maximum Gasteiger partial charge on any atom is 0.321 e. The highest BCUT2D eigenvalue weighted by Crippen LogP contribution is 2.30. The Hall–Kier alpha value is -1.93. The van der Waals surface area contributed by atoms with Crippen molar-refractivity contribution >= 4 is 17.7 Å². The van der Waals surface area contributed by atoms with Gasteiger partial charge < -0.3 is 15.4 Å². The third kappa shape index (κ3) is 3.79. The summed E-state index contributed by atoms with van der Waals surface area (Å²) in [4.78, 5) is 19.3. The van der Waals surface area contributed by atoms with Crippen LogP contribution >= 0.6 is 11.8 Å². The predicted octanol–water partition coefficient (Wildman–Crippen LogP) is 1.56. The van der Waals surface area contributed by atoms with Gasteiger partial charge in [-0.2, -0.15) is 4.98 Å². The molecule has 3 N–H and O–H groups in total. The number of nitrogens with zero attached hydrogens (tertiary/aromatic N) is 3. The highest BCUT2D eigenvalue weighted by atomic mass is 32.2. The molecule has 0 radical (unpaired) electrons. The van der Waals surface area contributed by atoms with Crippen molar-refractivity contribution in [2.24, 2.45) is 5.73 Å². The lowest BCUT2D eigenvalue weighted by atomic mass is 10.1. The molecule has 0 amide bonds. The summed E-state index contributed by atoms with van der Waals surface area (Å²) >= 11 is 1.35. The summed E-state index contributed by atoms with van der Waals surface area (Å²) in [5.41, 5.74) is 6.28. The van der Waals surface area contributed by atoms with E-state index in [9.17, 15) is 4.79 Å². The third-order valence-corrected chi connectivity index (χ3v) is 4.33. The van der Waals surface area contributed by atoms with E-state index >= 15 is 0 Å². The fourth-order valence-electron chi connectivity index (χ4n) is 1.55. The van der Waals surface area contributed by atoms with E-state index in [0.29, 0.717) is 23.2 Å². The fraction of sp³-hybridized carbons (Fsp3) is 0.385. The van der Waals surface area contributed by atoms with E-state index in [1.54, 1.807) is 32.2 Å². The molecule has 0 saturated carbocycles. The van der Waals surface area contributed by atoms with E-state index in [0.717, 1.165) is 0 Å². The van der Waals surface area contributed by atoms with Crippen LogP contribution in [-0.2, 0) is 10.5 Å². The lowest BCUT2D eigenvalue weighted by molar-refractivity contribution is -0.139. The summed E-state index contributed by atoms with van der Waals surface area (Å²) in [7, 11) is 0. The van der Waals surface area contributed by atoms with E-state index in [1.165, 1.54) is 11.8 Å². The Morgan fingerprint density at radius 1 is 1.52 bits per heavy atom. The van der Waals surface area contributed by atoms with Gasteiger partial charge in [-0.3, -0.25) is 9.78 Å². The molecule has 2 aromatic rings. The molecule has 2 aromatic heterocycles. The molecule has 2 rings (SSSR count). The summed E-state index contributed by atoms with van der Waals surface area (Å²) in [5.74, 6) is 0.165. The van der Waals surface area contributed by atoms with Crippen molar-refractivity contribution in [1.29, 1.82) is 0 Å². The summed E-state index contributed by atoms with van der Waals surface area (Å²) in [6.07, 6.45) is 1.65. The SMILES string of the molecule is CC(C)(SCc1nc(-c2ccccn2)no1)[C@@H](N)C(=O)O. The number of rotatable bonds is 6. The number of aliphatic carboxylic acids is 1. The molecule has 8 heteroatoms. The van der Waals surface area contributed by atoms with Gasteiger partial charge in [-0.1, -0.05) is 11.2 Å². The standard InChI is InChI=1S/C13H16N4O3S/c1-13(2,10(14)12(18)19)21-7-9-16-11(17-20-9)8-5-3-4-6-15-8/h3-6,10H,7,14H2,1-2H3,(H,18,19)/t10-/m0/s1. The van der Waals surface area contributed by atoms with Gasteiger partial charge in [0.25, 0.3) is 0 Å². The zero-order chi connectivity index (χ0) is 15.5. The zero-order valence-electron chi connectivity index (χ0n) is 11.7. The molecule has 7 nitrogen and oxygen atoms in total. The lowest BCUT2D eigenvalue weighted by Gasteiger charge is -2.27. The quantitative estimate of drug-likeness (QED) is 0.826. The molecule has 0 bridgehead atoms. The van der Waals surface area contributed by atoms with Crippen LogP contribution in [0.5, 0.6) is 0 Å². The van der Waals surface area contributed by atoms with Crippen LogP contribution in [0.15, 0.2) is 28.9 Å². The number of nitrogens with two attached hydrogens (primary N) is 1. The maximum absolute atomic E-state index is 10.9. The van der Waals surface area contributed by atoms with Crippen LogP contribution in [0.1, 0.15) is 19.7 Å². The number of thioether (sulfide) groups is 1. The van der Waals surface area contributed by atoms with Crippen molar-refractivity contribution in [3.05, 3.63) is 30.3 Å². The van der Waals surface area contributed by atoms with Gasteiger partial charge >= 0.3 is 5.97 Å². The van der Waals surface area contributed by atoms with Crippen molar-refractivity contribution in [2.75, 3.05) is 0 Å². The van der Waals surface area contributed by atoms with Crippen LogP contribution in [0, 0.1) is 0 Å². The molecular weight excluding hydrogens is 292 g/mol. The Labute approximate surface area is 126 Å². The minimum atomic E-state index is -1.03. The normalized spacial score (nSPS) is 13.1. The Balaban J connectivity index is 2.02. The van der Waals surface area contributed by atoms with Gasteiger partial charge in [0, 0.05) is 10.9 Å². The Kier molecular flexibility index (Phi) is 4.59. The summed E-state index contributed by atoms with van der Waals surface area (Å²) in [5, 5.41) is 12.8. The molecular formula is C13H16N4O3S. The van der Waals surface area contributed by atoms with Gasteiger partial charge in [0.05, 0.1) is 5.75 Å². The molecule has 0 spiro atoms. The van der Waals surface area contributed by atoms with Crippen molar-refractivity contribution < 1.29 is 14.4 Å². The number of hydrogen-bond acceptors (Lipinski definition) is 7. The first-order valence-electron chi connectivity index (χ1n) is 6.26. The monoisotopic (exact) mass is 308 g/mol. The Morgan fingerprint density at radius 3 is 2.90 bits per heavy atom. The van der Waals surface area contributed by atoms with E-state index in [1.807, 2.05) is 6.07 Å². The van der Waals surface area contributed by atoms with Crippen molar-refractivity contribution in [3.63, 3.8) is 0 Å². The molecule has 0 aliphatic heterocycles. The predicted molar refractivity (Wildman–Crippen MR) is 78.5 cm³/mol. The average Bonchev–Trinajstić information content (AvgIpc) is 2.94. The molecule has 21 heavy (non-hydrogen) atoms. The second-order valence-corrected chi connectivity index (χ2v) is 6.56. The van der Waals surface area contributed by atoms with Crippen molar-refractivity contribution in [1.82, 2.24) is 15.1 Å². The molecule has 0 aliphatic carbocycles. The maximum atomic E-state index is 10.9. The van der Waals surface area contributed by atoms with E-state index in [-0.39, 0.29) is 0 Å². The Bertz CT molecular complexity index is 615. The molecule has 0 saturated heterocycles. The second-order valence-electron chi connectivity index (χ2n) is 4.93. The van der Waals surface area contributed by atoms with Crippen LogP contribution in [0.2, 0.25) is 0 Å². The topological polar surface area (TPSA) is 115 Å². The van der Waals surface area contributed by atoms with Gasteiger partial charge in [-0.15, -0.1) is 11.8 Å². The van der Waals surface area contributed by atoms with Crippen LogP contribution in [0.3, 0.4) is 0 Å². The first-order chi connectivity index (χ1) is 9.90. The minimum absolute atomic E-state index is 0.383. The molecule has 0 aliphatic rings. The smallest absolute Gasteiger partial charge is 0.321 e. The Morgan fingerprint density at radius 2 is 2.29 bits per heavy atom. The third-order valence-electron chi connectivity index (χ3n) is 2.94. The van der Waals surface area contributed by atoms with Gasteiger partial charge in [0.15, 0.2) is 0 Å². The van der Waals surface area contributed by atoms with Crippen molar-refractivity contribution in [3.8, 4) is 11.5 Å². The summed E-state index contributed by atoms with van der Waals surface area (Å²) < 4.78 is 4.50. The molecule has 112 valence electrons. The highest BCUT2D eigenvalue weighted by molar-refractivity contribution is 7.99. The molecule has 2 heterocycles. The molecule has 0 fully saturated rings. The number of hydrogen-bond donors (Lipinski definition) is 2. The number of pyridine rings is 1. The number of aromatic nitrogens is 3. The molecule has 1 atom stereocenters. The van der Waals surface area contributed by atoms with Crippen LogP contribution in [0.4, 0.5) is 0 Å². The van der Waals surface area contributed by atoms with Gasteiger partial charge in [-0.25, -0.2) is 0 Å². The molecule has 0 aromatic carbocycles. The van der Waals surface area contributed by atoms with E-state index < -0.39 is 16.8 Å². The van der Waals surface area contributed by atoms with Crippen LogP contribution in [-0.4, -0.2) is 37.0 Å². The lowest BCUT2D eigenvalue weighted by Crippen LogP contribution is -2.46. The second kappa shape index (κ2) is 6.23. The van der Waals surface area contributed by atoms with E-state index in [4.69, 9.17) is 15.4 Å². The largest absolute Gasteiger partial charge is 0.480 e.